The zero-order valence-electron chi connectivity index (χ0n) is 5.96. The summed E-state index contributed by atoms with van der Waals surface area (Å²) in [4.78, 5) is 19.0. The summed E-state index contributed by atoms with van der Waals surface area (Å²) < 4.78 is 0. The Morgan fingerprint density at radius 2 is 1.80 bits per heavy atom. The van der Waals surface area contributed by atoms with Gasteiger partial charge < -0.3 is 11.5 Å². The minimum absolute atomic E-state index is 0.278. The molecule has 0 rings (SSSR count). The Morgan fingerprint density at radius 1 is 1.50 bits per heavy atom. The quantitative estimate of drug-likeness (QED) is 0.514. The van der Waals surface area contributed by atoms with E-state index in [-0.39, 0.29) is 18.2 Å². The van der Waals surface area contributed by atoms with E-state index in [4.69, 9.17) is 5.73 Å². The fraction of sp³-hybridized carbons (Fsp3) is 0.333. The molecule has 4 nitrogen and oxygen atoms in total. The average Bonchev–Trinajstić information content (AvgIpc) is 1.62. The zero-order chi connectivity index (χ0) is 8.57. The van der Waals surface area contributed by atoms with Crippen molar-refractivity contribution in [2.75, 3.05) is 0 Å². The van der Waals surface area contributed by atoms with Crippen molar-refractivity contribution in [1.29, 1.82) is 0 Å². The molecule has 0 spiro atoms. The molecule has 0 heterocycles. The second-order valence-electron chi connectivity index (χ2n) is 1.57. The number of carbonyl (C=O) groups is 2. The molecule has 2 amide bonds. The second-order valence-corrected chi connectivity index (χ2v) is 1.57. The summed E-state index contributed by atoms with van der Waals surface area (Å²) >= 11 is 0. The topological polar surface area (TPSA) is 86.2 Å². The molecule has 4 N–H and O–H groups in total. The predicted molar refractivity (Wildman–Crippen MR) is 38.9 cm³/mol. The lowest BCUT2D eigenvalue weighted by Gasteiger charge is -1.76. The van der Waals surface area contributed by atoms with Gasteiger partial charge in [0.1, 0.15) is 0 Å². The lowest BCUT2D eigenvalue weighted by Crippen LogP contribution is -2.07. The molecule has 0 aliphatic rings. The molecule has 0 aromatic rings. The zero-order valence-corrected chi connectivity index (χ0v) is 5.96. The van der Waals surface area contributed by atoms with Gasteiger partial charge in [-0.05, 0) is 0 Å². The van der Waals surface area contributed by atoms with E-state index in [1.54, 1.807) is 0 Å². The van der Waals surface area contributed by atoms with Crippen molar-refractivity contribution in [1.82, 2.24) is 0 Å². The number of hydrogen-bond donors (Lipinski definition) is 2. The largest absolute Gasteiger partial charge is 0.370 e. The summed E-state index contributed by atoms with van der Waals surface area (Å²) in [5.41, 5.74) is 9.16. The van der Waals surface area contributed by atoms with Crippen molar-refractivity contribution in [3.05, 3.63) is 12.7 Å². The minimum atomic E-state index is -0.333. The summed E-state index contributed by atoms with van der Waals surface area (Å²) in [6.45, 7) is 4.61. The second kappa shape index (κ2) is 7.68. The summed E-state index contributed by atoms with van der Waals surface area (Å²) in [7, 11) is 0. The van der Waals surface area contributed by atoms with E-state index in [2.05, 4.69) is 12.3 Å². The SMILES string of the molecule is C=CCC(N)=O.CC(N)=O. The van der Waals surface area contributed by atoms with Crippen LogP contribution in [-0.2, 0) is 9.59 Å². The highest BCUT2D eigenvalue weighted by Gasteiger charge is 1.80. The first kappa shape index (κ1) is 11.5. The monoisotopic (exact) mass is 144 g/mol. The number of carbonyl (C=O) groups excluding carboxylic acids is 2. The van der Waals surface area contributed by atoms with Gasteiger partial charge in [0.15, 0.2) is 0 Å². The molecular weight excluding hydrogens is 132 g/mol. The lowest BCUT2D eigenvalue weighted by molar-refractivity contribution is -0.117. The fourth-order valence-corrected chi connectivity index (χ4v) is 0.142. The molecule has 4 heteroatoms. The summed E-state index contributed by atoms with van der Waals surface area (Å²) in [6.07, 6.45) is 1.75. The maximum atomic E-state index is 9.75. The van der Waals surface area contributed by atoms with Crippen LogP contribution in [0.2, 0.25) is 0 Å². The first-order valence-corrected chi connectivity index (χ1v) is 2.66. The van der Waals surface area contributed by atoms with E-state index in [9.17, 15) is 9.59 Å². The Hall–Kier alpha value is -1.32. The average molecular weight is 144 g/mol. The van der Waals surface area contributed by atoms with Crippen molar-refractivity contribution in [2.24, 2.45) is 11.5 Å². The Bertz CT molecular complexity index is 128. The molecule has 0 bridgehead atoms. The molecule has 0 aromatic heterocycles. The summed E-state index contributed by atoms with van der Waals surface area (Å²) in [6, 6.07) is 0. The molecule has 0 saturated heterocycles. The van der Waals surface area contributed by atoms with Gasteiger partial charge in [0.2, 0.25) is 11.8 Å². The van der Waals surface area contributed by atoms with Crippen molar-refractivity contribution in [3.63, 3.8) is 0 Å². The minimum Gasteiger partial charge on any atom is -0.370 e. The van der Waals surface area contributed by atoms with E-state index in [1.165, 1.54) is 13.0 Å². The highest BCUT2D eigenvalue weighted by molar-refractivity contribution is 5.75. The highest BCUT2D eigenvalue weighted by atomic mass is 16.1. The van der Waals surface area contributed by atoms with E-state index in [0.29, 0.717) is 0 Å². The number of rotatable bonds is 2. The number of amides is 2. The molecule has 0 aliphatic carbocycles. The maximum absolute atomic E-state index is 9.75. The molecular formula is C6H12N2O2. The van der Waals surface area contributed by atoms with Gasteiger partial charge in [0.05, 0.1) is 0 Å². The molecule has 58 valence electrons. The van der Waals surface area contributed by atoms with Gasteiger partial charge in [-0.25, -0.2) is 0 Å². The summed E-state index contributed by atoms with van der Waals surface area (Å²) in [5.74, 6) is -0.662. The van der Waals surface area contributed by atoms with Crippen molar-refractivity contribution >= 4 is 11.8 Å². The Kier molecular flexibility index (Phi) is 8.81. The molecule has 0 saturated carbocycles. The van der Waals surface area contributed by atoms with Crippen LogP contribution in [0.5, 0.6) is 0 Å². The van der Waals surface area contributed by atoms with E-state index in [1.807, 2.05) is 0 Å². The van der Waals surface area contributed by atoms with Gasteiger partial charge in [0.25, 0.3) is 0 Å². The van der Waals surface area contributed by atoms with E-state index >= 15 is 0 Å². The summed E-state index contributed by atoms with van der Waals surface area (Å²) in [5, 5.41) is 0. The van der Waals surface area contributed by atoms with Gasteiger partial charge in [-0.3, -0.25) is 9.59 Å². The van der Waals surface area contributed by atoms with Crippen LogP contribution in [0.25, 0.3) is 0 Å². The van der Waals surface area contributed by atoms with Crippen LogP contribution in [0, 0.1) is 0 Å². The van der Waals surface area contributed by atoms with Crippen molar-refractivity contribution < 1.29 is 9.59 Å². The normalized spacial score (nSPS) is 6.90. The molecule has 0 aromatic carbocycles. The molecule has 0 fully saturated rings. The van der Waals surface area contributed by atoms with Crippen molar-refractivity contribution in [3.8, 4) is 0 Å². The van der Waals surface area contributed by atoms with Crippen molar-refractivity contribution in [2.45, 2.75) is 13.3 Å². The van der Waals surface area contributed by atoms with Gasteiger partial charge in [-0.1, -0.05) is 6.08 Å². The van der Waals surface area contributed by atoms with Gasteiger partial charge >= 0.3 is 0 Å². The standard InChI is InChI=1S/C4H7NO.C2H5NO/c1-2-3-4(5)6;1-2(3)4/h2H,1,3H2,(H2,5,6);1H3,(H2,3,4). The first-order valence-electron chi connectivity index (χ1n) is 2.66. The maximum Gasteiger partial charge on any atom is 0.221 e. The van der Waals surface area contributed by atoms with Gasteiger partial charge in [-0.2, -0.15) is 0 Å². The molecule has 0 radical (unpaired) electrons. The van der Waals surface area contributed by atoms with E-state index < -0.39 is 0 Å². The smallest absolute Gasteiger partial charge is 0.221 e. The lowest BCUT2D eigenvalue weighted by atomic mass is 10.4. The van der Waals surface area contributed by atoms with Crippen LogP contribution in [0.1, 0.15) is 13.3 Å². The Balaban J connectivity index is 0. The molecule has 10 heavy (non-hydrogen) atoms. The highest BCUT2D eigenvalue weighted by Crippen LogP contribution is 1.71. The van der Waals surface area contributed by atoms with Gasteiger partial charge in [0, 0.05) is 13.3 Å². The van der Waals surface area contributed by atoms with Crippen LogP contribution < -0.4 is 11.5 Å². The van der Waals surface area contributed by atoms with E-state index in [0.717, 1.165) is 0 Å². The Morgan fingerprint density at radius 3 is 1.80 bits per heavy atom. The molecule has 0 aliphatic heterocycles. The Labute approximate surface area is 59.9 Å². The third kappa shape index (κ3) is 76.4. The first-order chi connectivity index (χ1) is 4.50. The van der Waals surface area contributed by atoms with Crippen LogP contribution in [-0.4, -0.2) is 11.8 Å². The molecule has 0 unspecified atom stereocenters. The number of primary amides is 2. The van der Waals surface area contributed by atoms with Crippen LogP contribution >= 0.6 is 0 Å². The molecule has 0 atom stereocenters. The number of nitrogens with two attached hydrogens (primary N) is 2. The number of hydrogen-bond acceptors (Lipinski definition) is 2. The fourth-order valence-electron chi connectivity index (χ4n) is 0.142. The van der Waals surface area contributed by atoms with Crippen LogP contribution in [0.15, 0.2) is 12.7 Å². The van der Waals surface area contributed by atoms with Crippen LogP contribution in [0.4, 0.5) is 0 Å². The van der Waals surface area contributed by atoms with Gasteiger partial charge in [-0.15, -0.1) is 6.58 Å². The third-order valence-corrected chi connectivity index (χ3v) is 0.346. The van der Waals surface area contributed by atoms with Crippen LogP contribution in [0.3, 0.4) is 0 Å². The third-order valence-electron chi connectivity index (χ3n) is 0.346. The predicted octanol–water partition coefficient (Wildman–Crippen LogP) is -0.461.